The number of nitrogens with zero attached hydrogens (tertiary/aromatic N) is 2. The third kappa shape index (κ3) is 9.64. The molecule has 0 saturated heterocycles. The van der Waals surface area contributed by atoms with Crippen molar-refractivity contribution in [3.63, 3.8) is 0 Å². The molecule has 3 aromatic rings. The molecule has 43 heavy (non-hydrogen) atoms. The average molecular weight is 608 g/mol. The zero-order chi connectivity index (χ0) is 30.8. The predicted octanol–water partition coefficient (Wildman–Crippen LogP) is 5.77. The summed E-state index contributed by atoms with van der Waals surface area (Å²) in [7, 11) is -3.67. The average Bonchev–Trinajstić information content (AvgIpc) is 2.99. The lowest BCUT2D eigenvalue weighted by Gasteiger charge is -2.34. The Hall–Kier alpha value is -3.72. The first-order valence-electron chi connectivity index (χ1n) is 15.0. The topological polar surface area (TPSA) is 86.8 Å². The van der Waals surface area contributed by atoms with Gasteiger partial charge in [0, 0.05) is 32.0 Å². The highest BCUT2D eigenvalue weighted by atomic mass is 32.2. The number of nitrogens with one attached hydrogen (secondary N) is 1. The lowest BCUT2D eigenvalue weighted by atomic mass is 9.94. The van der Waals surface area contributed by atoms with Gasteiger partial charge in [-0.2, -0.15) is 0 Å². The first kappa shape index (κ1) is 32.2. The minimum atomic E-state index is -3.67. The molecule has 1 aliphatic carbocycles. The number of rotatable bonds is 13. The Kier molecular flexibility index (Phi) is 11.3. The van der Waals surface area contributed by atoms with Gasteiger partial charge in [-0.15, -0.1) is 0 Å². The van der Waals surface area contributed by atoms with Crippen LogP contribution in [-0.4, -0.2) is 50.0 Å². The van der Waals surface area contributed by atoms with E-state index < -0.39 is 21.9 Å². The highest BCUT2D eigenvalue weighted by Crippen LogP contribution is 2.22. The second-order valence-electron chi connectivity index (χ2n) is 11.5. The van der Waals surface area contributed by atoms with E-state index in [1.165, 1.54) is 35.0 Å². The van der Waals surface area contributed by atoms with Crippen molar-refractivity contribution in [1.82, 2.24) is 10.2 Å². The van der Waals surface area contributed by atoms with E-state index in [0.29, 0.717) is 12.1 Å². The SMILES string of the molecule is Cc1ccc(CN(C(=O)CCCN(c2ccc(F)cc2)S(C)(=O)=O)[C@@H](Cc2ccccc2)C(=O)NC2CCCCC2)cc1. The third-order valence-electron chi connectivity index (χ3n) is 7.96. The van der Waals surface area contributed by atoms with E-state index >= 15 is 0 Å². The largest absolute Gasteiger partial charge is 0.352 e. The fourth-order valence-electron chi connectivity index (χ4n) is 5.60. The summed E-state index contributed by atoms with van der Waals surface area (Å²) >= 11 is 0. The van der Waals surface area contributed by atoms with E-state index in [-0.39, 0.29) is 43.8 Å². The normalized spacial score (nSPS) is 14.6. The summed E-state index contributed by atoms with van der Waals surface area (Å²) in [4.78, 5) is 29.5. The molecule has 2 amide bonds. The maximum Gasteiger partial charge on any atom is 0.243 e. The van der Waals surface area contributed by atoms with Crippen molar-refractivity contribution in [1.29, 1.82) is 0 Å². The van der Waals surface area contributed by atoms with Gasteiger partial charge in [0.05, 0.1) is 11.9 Å². The summed E-state index contributed by atoms with van der Waals surface area (Å²) in [5.41, 5.74) is 3.29. The minimum absolute atomic E-state index is 0.0427. The van der Waals surface area contributed by atoms with Crippen molar-refractivity contribution in [2.75, 3.05) is 17.1 Å². The summed E-state index contributed by atoms with van der Waals surface area (Å²) in [6.07, 6.45) is 6.91. The van der Waals surface area contributed by atoms with Gasteiger partial charge >= 0.3 is 0 Å². The van der Waals surface area contributed by atoms with E-state index in [1.807, 2.05) is 61.5 Å². The summed E-state index contributed by atoms with van der Waals surface area (Å²) in [6, 6.07) is 22.2. The van der Waals surface area contributed by atoms with Gasteiger partial charge in [-0.1, -0.05) is 79.4 Å². The molecule has 0 aromatic heterocycles. The predicted molar refractivity (Wildman–Crippen MR) is 169 cm³/mol. The molecule has 1 atom stereocenters. The van der Waals surface area contributed by atoms with Crippen LogP contribution >= 0.6 is 0 Å². The number of sulfonamides is 1. The molecule has 1 aliphatic rings. The lowest BCUT2D eigenvalue weighted by Crippen LogP contribution is -2.52. The number of aryl methyl sites for hydroxylation is 1. The van der Waals surface area contributed by atoms with Crippen LogP contribution in [0.5, 0.6) is 0 Å². The van der Waals surface area contributed by atoms with Gasteiger partial charge in [0.15, 0.2) is 0 Å². The third-order valence-corrected chi connectivity index (χ3v) is 9.16. The number of hydrogen-bond donors (Lipinski definition) is 1. The highest BCUT2D eigenvalue weighted by Gasteiger charge is 2.32. The quantitative estimate of drug-likeness (QED) is 0.267. The van der Waals surface area contributed by atoms with Crippen molar-refractivity contribution < 1.29 is 22.4 Å². The number of hydrogen-bond acceptors (Lipinski definition) is 4. The van der Waals surface area contributed by atoms with Gasteiger partial charge in [-0.3, -0.25) is 13.9 Å². The second-order valence-corrected chi connectivity index (χ2v) is 13.4. The molecule has 1 N–H and O–H groups in total. The Morgan fingerprint density at radius 1 is 0.907 bits per heavy atom. The molecular weight excluding hydrogens is 565 g/mol. The summed E-state index contributed by atoms with van der Waals surface area (Å²) in [6.45, 7) is 2.30. The Bertz CT molecular complexity index is 1440. The van der Waals surface area contributed by atoms with Crippen LogP contribution in [0.3, 0.4) is 0 Å². The van der Waals surface area contributed by atoms with Crippen molar-refractivity contribution in [3.8, 4) is 0 Å². The van der Waals surface area contributed by atoms with Crippen LogP contribution < -0.4 is 9.62 Å². The molecule has 0 heterocycles. The Labute approximate surface area is 255 Å². The summed E-state index contributed by atoms with van der Waals surface area (Å²) in [5, 5.41) is 3.24. The molecular formula is C34H42FN3O4S. The van der Waals surface area contributed by atoms with Crippen LogP contribution in [0.2, 0.25) is 0 Å². The smallest absolute Gasteiger partial charge is 0.243 e. The number of amides is 2. The molecule has 7 nitrogen and oxygen atoms in total. The van der Waals surface area contributed by atoms with Gasteiger partial charge in [0.2, 0.25) is 21.8 Å². The number of anilines is 1. The fourth-order valence-corrected chi connectivity index (χ4v) is 6.57. The lowest BCUT2D eigenvalue weighted by molar-refractivity contribution is -0.141. The summed E-state index contributed by atoms with van der Waals surface area (Å²) in [5.74, 6) is -0.858. The Balaban J connectivity index is 1.58. The van der Waals surface area contributed by atoms with Gasteiger partial charge in [0.1, 0.15) is 11.9 Å². The van der Waals surface area contributed by atoms with E-state index in [1.54, 1.807) is 4.90 Å². The van der Waals surface area contributed by atoms with Crippen molar-refractivity contribution >= 4 is 27.5 Å². The molecule has 0 spiro atoms. The molecule has 0 unspecified atom stereocenters. The summed E-state index contributed by atoms with van der Waals surface area (Å²) < 4.78 is 39.8. The molecule has 1 fully saturated rings. The Morgan fingerprint density at radius 2 is 1.56 bits per heavy atom. The molecule has 3 aromatic carbocycles. The van der Waals surface area contributed by atoms with E-state index in [9.17, 15) is 22.4 Å². The molecule has 0 radical (unpaired) electrons. The van der Waals surface area contributed by atoms with Crippen LogP contribution in [0, 0.1) is 12.7 Å². The molecule has 0 bridgehead atoms. The zero-order valence-electron chi connectivity index (χ0n) is 25.0. The van der Waals surface area contributed by atoms with Crippen LogP contribution in [-0.2, 0) is 32.6 Å². The highest BCUT2D eigenvalue weighted by molar-refractivity contribution is 7.92. The molecule has 230 valence electrons. The Morgan fingerprint density at radius 3 is 2.19 bits per heavy atom. The van der Waals surface area contributed by atoms with Crippen LogP contribution in [0.15, 0.2) is 78.9 Å². The molecule has 4 rings (SSSR count). The minimum Gasteiger partial charge on any atom is -0.352 e. The zero-order valence-corrected chi connectivity index (χ0v) is 25.9. The van der Waals surface area contributed by atoms with Crippen molar-refractivity contribution in [2.24, 2.45) is 0 Å². The number of carbonyl (C=O) groups is 2. The number of carbonyl (C=O) groups excluding carboxylic acids is 2. The van der Waals surface area contributed by atoms with E-state index in [0.717, 1.165) is 48.6 Å². The monoisotopic (exact) mass is 607 g/mol. The van der Waals surface area contributed by atoms with Crippen LogP contribution in [0.4, 0.5) is 10.1 Å². The molecule has 9 heteroatoms. The van der Waals surface area contributed by atoms with Crippen LogP contribution in [0.1, 0.15) is 61.6 Å². The standard InChI is InChI=1S/C34H42FN3O4S/c1-26-15-17-28(18-16-26)25-37(33(39)14-9-23-38(43(2,41)42)31-21-19-29(35)20-22-31)32(24-27-10-5-3-6-11-27)34(40)36-30-12-7-4-8-13-30/h3,5-6,10-11,15-22,30,32H,4,7-9,12-14,23-25H2,1-2H3,(H,36,40)/t32-/m0/s1. The van der Waals surface area contributed by atoms with Gasteiger partial charge in [-0.05, 0) is 61.6 Å². The van der Waals surface area contributed by atoms with Crippen molar-refractivity contribution in [2.45, 2.75) is 76.9 Å². The molecule has 0 aliphatic heterocycles. The van der Waals surface area contributed by atoms with Gasteiger partial charge in [-0.25, -0.2) is 12.8 Å². The van der Waals surface area contributed by atoms with Gasteiger partial charge < -0.3 is 10.2 Å². The maximum atomic E-state index is 14.0. The van der Waals surface area contributed by atoms with Crippen molar-refractivity contribution in [3.05, 3.63) is 101 Å². The second kappa shape index (κ2) is 15.1. The number of halogens is 1. The van der Waals surface area contributed by atoms with Gasteiger partial charge in [0.25, 0.3) is 0 Å². The first-order chi connectivity index (χ1) is 20.6. The first-order valence-corrected chi connectivity index (χ1v) is 16.9. The molecule has 1 saturated carbocycles. The van der Waals surface area contributed by atoms with E-state index in [2.05, 4.69) is 5.32 Å². The number of benzene rings is 3. The van der Waals surface area contributed by atoms with E-state index in [4.69, 9.17) is 0 Å². The maximum absolute atomic E-state index is 14.0. The fraction of sp³-hybridized carbons (Fsp3) is 0.412. The van der Waals surface area contributed by atoms with Crippen LogP contribution in [0.25, 0.3) is 0 Å².